The second-order valence-electron chi connectivity index (χ2n) is 4.20. The summed E-state index contributed by atoms with van der Waals surface area (Å²) in [5.41, 5.74) is 0.271. The summed E-state index contributed by atoms with van der Waals surface area (Å²) in [5.74, 6) is -0.472. The first-order valence-corrected chi connectivity index (χ1v) is 5.53. The Morgan fingerprint density at radius 3 is 2.84 bits per heavy atom. The van der Waals surface area contributed by atoms with Gasteiger partial charge in [-0.2, -0.15) is 18.2 Å². The molecular formula is C9H9F3N6O. The number of nitrogens with one attached hydrogen (secondary N) is 1. The SMILES string of the molecule is FC(F)(F)Cc1noc(-c2cn(C3CNC3)nn2)n1. The standard InChI is InChI=1S/C9H9F3N6O/c10-9(11,12)1-7-14-8(19-16-7)6-4-18(17-15-6)5-2-13-3-5/h4-5,13H,1-3H2. The van der Waals surface area contributed by atoms with Crippen molar-refractivity contribution in [3.8, 4) is 11.6 Å². The molecule has 3 heterocycles. The van der Waals surface area contributed by atoms with Crippen molar-refractivity contribution in [1.82, 2.24) is 30.5 Å². The molecule has 10 heteroatoms. The van der Waals surface area contributed by atoms with E-state index in [1.807, 2.05) is 0 Å². The fraction of sp³-hybridized carbons (Fsp3) is 0.556. The van der Waals surface area contributed by atoms with Crippen molar-refractivity contribution in [2.75, 3.05) is 13.1 Å². The van der Waals surface area contributed by atoms with Crippen LogP contribution in [0.5, 0.6) is 0 Å². The monoisotopic (exact) mass is 274 g/mol. The number of hydrogen-bond acceptors (Lipinski definition) is 6. The summed E-state index contributed by atoms with van der Waals surface area (Å²) in [7, 11) is 0. The Labute approximate surface area is 104 Å². The summed E-state index contributed by atoms with van der Waals surface area (Å²) in [6, 6.07) is 0.207. The number of aromatic nitrogens is 5. The summed E-state index contributed by atoms with van der Waals surface area (Å²) < 4.78 is 42.8. The first-order chi connectivity index (χ1) is 9.01. The van der Waals surface area contributed by atoms with Gasteiger partial charge >= 0.3 is 6.18 Å². The maximum atomic E-state index is 12.2. The highest BCUT2D eigenvalue weighted by molar-refractivity contribution is 5.43. The van der Waals surface area contributed by atoms with E-state index < -0.39 is 18.4 Å². The smallest absolute Gasteiger partial charge is 0.332 e. The van der Waals surface area contributed by atoms with Crippen LogP contribution in [0, 0.1) is 0 Å². The Balaban J connectivity index is 1.76. The van der Waals surface area contributed by atoms with Crippen LogP contribution in [0.25, 0.3) is 11.6 Å². The zero-order chi connectivity index (χ0) is 13.5. The van der Waals surface area contributed by atoms with Crippen molar-refractivity contribution in [3.05, 3.63) is 12.0 Å². The molecule has 0 atom stereocenters. The van der Waals surface area contributed by atoms with Crippen LogP contribution in [0.15, 0.2) is 10.7 Å². The molecule has 0 aliphatic carbocycles. The van der Waals surface area contributed by atoms with Crippen LogP contribution in [0.4, 0.5) is 13.2 Å². The van der Waals surface area contributed by atoms with Crippen LogP contribution in [-0.4, -0.2) is 44.4 Å². The molecule has 7 nitrogen and oxygen atoms in total. The van der Waals surface area contributed by atoms with Crippen molar-refractivity contribution in [1.29, 1.82) is 0 Å². The lowest BCUT2D eigenvalue weighted by Crippen LogP contribution is -2.43. The minimum absolute atomic E-state index is 0.0576. The Hall–Kier alpha value is -1.97. The lowest BCUT2D eigenvalue weighted by molar-refractivity contribution is -0.128. The van der Waals surface area contributed by atoms with Gasteiger partial charge in [0.25, 0.3) is 5.89 Å². The minimum atomic E-state index is -4.36. The van der Waals surface area contributed by atoms with E-state index in [0.29, 0.717) is 0 Å². The van der Waals surface area contributed by atoms with Crippen LogP contribution in [0.3, 0.4) is 0 Å². The normalized spacial score (nSPS) is 16.6. The highest BCUT2D eigenvalue weighted by Gasteiger charge is 2.31. The average Bonchev–Trinajstić information content (AvgIpc) is 2.81. The molecule has 1 saturated heterocycles. The molecule has 0 unspecified atom stereocenters. The van der Waals surface area contributed by atoms with Crippen molar-refractivity contribution in [3.63, 3.8) is 0 Å². The van der Waals surface area contributed by atoms with Gasteiger partial charge in [0, 0.05) is 13.1 Å². The predicted molar refractivity (Wildman–Crippen MR) is 55.0 cm³/mol. The molecule has 102 valence electrons. The van der Waals surface area contributed by atoms with E-state index in [9.17, 15) is 13.2 Å². The predicted octanol–water partition coefficient (Wildman–Crippen LogP) is 0.577. The fourth-order valence-corrected chi connectivity index (χ4v) is 1.62. The van der Waals surface area contributed by atoms with Crippen molar-refractivity contribution >= 4 is 0 Å². The van der Waals surface area contributed by atoms with Gasteiger partial charge in [0.15, 0.2) is 11.5 Å². The third-order valence-electron chi connectivity index (χ3n) is 2.69. The fourth-order valence-electron chi connectivity index (χ4n) is 1.62. The van der Waals surface area contributed by atoms with Crippen LogP contribution < -0.4 is 5.32 Å². The van der Waals surface area contributed by atoms with Crippen LogP contribution in [0.1, 0.15) is 11.9 Å². The highest BCUT2D eigenvalue weighted by Crippen LogP contribution is 2.22. The quantitative estimate of drug-likeness (QED) is 0.881. The molecule has 0 radical (unpaired) electrons. The zero-order valence-corrected chi connectivity index (χ0v) is 9.55. The zero-order valence-electron chi connectivity index (χ0n) is 9.55. The van der Waals surface area contributed by atoms with Crippen molar-refractivity contribution < 1.29 is 17.7 Å². The summed E-state index contributed by atoms with van der Waals surface area (Å²) in [5, 5.41) is 14.0. The molecular weight excluding hydrogens is 265 g/mol. The number of rotatable bonds is 3. The van der Waals surface area contributed by atoms with E-state index in [1.165, 1.54) is 0 Å². The van der Waals surface area contributed by atoms with Gasteiger partial charge in [-0.15, -0.1) is 5.10 Å². The third-order valence-corrected chi connectivity index (χ3v) is 2.69. The number of alkyl halides is 3. The molecule has 1 fully saturated rings. The van der Waals surface area contributed by atoms with E-state index in [4.69, 9.17) is 4.52 Å². The van der Waals surface area contributed by atoms with Gasteiger partial charge in [-0.3, -0.25) is 0 Å². The lowest BCUT2D eigenvalue weighted by atomic mass is 10.2. The van der Waals surface area contributed by atoms with Gasteiger partial charge in [0.2, 0.25) is 0 Å². The molecule has 1 N–H and O–H groups in total. The van der Waals surface area contributed by atoms with Gasteiger partial charge in [-0.25, -0.2) is 4.68 Å². The van der Waals surface area contributed by atoms with Crippen molar-refractivity contribution in [2.45, 2.75) is 18.6 Å². The van der Waals surface area contributed by atoms with E-state index >= 15 is 0 Å². The van der Waals surface area contributed by atoms with Gasteiger partial charge in [0.05, 0.1) is 12.2 Å². The largest absolute Gasteiger partial charge is 0.396 e. The Morgan fingerprint density at radius 2 is 2.21 bits per heavy atom. The summed E-state index contributed by atoms with van der Waals surface area (Å²) in [6.07, 6.45) is -4.01. The minimum Gasteiger partial charge on any atom is -0.332 e. The van der Waals surface area contributed by atoms with Crippen LogP contribution in [-0.2, 0) is 6.42 Å². The van der Waals surface area contributed by atoms with Crippen LogP contribution >= 0.6 is 0 Å². The Kier molecular flexibility index (Phi) is 2.73. The maximum absolute atomic E-state index is 12.2. The molecule has 19 heavy (non-hydrogen) atoms. The summed E-state index contributed by atoms with van der Waals surface area (Å²) in [4.78, 5) is 3.65. The average molecular weight is 274 g/mol. The summed E-state index contributed by atoms with van der Waals surface area (Å²) >= 11 is 0. The highest BCUT2D eigenvalue weighted by atomic mass is 19.4. The van der Waals surface area contributed by atoms with E-state index in [0.717, 1.165) is 13.1 Å². The molecule has 0 bridgehead atoms. The molecule has 3 rings (SSSR count). The van der Waals surface area contributed by atoms with E-state index in [1.54, 1.807) is 10.9 Å². The van der Waals surface area contributed by atoms with Gasteiger partial charge in [-0.1, -0.05) is 10.4 Å². The van der Waals surface area contributed by atoms with Crippen molar-refractivity contribution in [2.24, 2.45) is 0 Å². The Bertz CT molecular complexity index is 573. The summed E-state index contributed by atoms with van der Waals surface area (Å²) in [6.45, 7) is 1.57. The van der Waals surface area contributed by atoms with E-state index in [-0.39, 0.29) is 17.6 Å². The van der Waals surface area contributed by atoms with Crippen LogP contribution in [0.2, 0.25) is 0 Å². The molecule has 0 spiro atoms. The number of hydrogen-bond donors (Lipinski definition) is 1. The first kappa shape index (κ1) is 12.1. The first-order valence-electron chi connectivity index (χ1n) is 5.53. The molecule has 2 aromatic heterocycles. The van der Waals surface area contributed by atoms with Gasteiger partial charge in [-0.05, 0) is 0 Å². The molecule has 1 aliphatic rings. The third kappa shape index (κ3) is 2.57. The second kappa shape index (κ2) is 4.30. The topological polar surface area (TPSA) is 81.7 Å². The Morgan fingerprint density at radius 1 is 1.42 bits per heavy atom. The second-order valence-corrected chi connectivity index (χ2v) is 4.20. The molecule has 0 aromatic carbocycles. The number of halogens is 3. The van der Waals surface area contributed by atoms with Gasteiger partial charge < -0.3 is 9.84 Å². The van der Waals surface area contributed by atoms with E-state index in [2.05, 4.69) is 25.8 Å². The molecule has 0 saturated carbocycles. The number of nitrogens with zero attached hydrogens (tertiary/aromatic N) is 5. The molecule has 2 aromatic rings. The van der Waals surface area contributed by atoms with Gasteiger partial charge in [0.1, 0.15) is 6.42 Å². The maximum Gasteiger partial charge on any atom is 0.396 e. The molecule has 1 aliphatic heterocycles. The lowest BCUT2D eigenvalue weighted by Gasteiger charge is -2.26. The molecule has 0 amide bonds.